The third-order valence-electron chi connectivity index (χ3n) is 3.52. The van der Waals surface area contributed by atoms with Gasteiger partial charge in [-0.2, -0.15) is 0 Å². The lowest BCUT2D eigenvalue weighted by Crippen LogP contribution is -2.26. The Morgan fingerprint density at radius 2 is 1.68 bits per heavy atom. The van der Waals surface area contributed by atoms with Gasteiger partial charge in [-0.05, 0) is 24.0 Å². The van der Waals surface area contributed by atoms with E-state index >= 15 is 0 Å². The van der Waals surface area contributed by atoms with Gasteiger partial charge in [0.05, 0.1) is 11.6 Å². The van der Waals surface area contributed by atoms with E-state index in [1.807, 2.05) is 31.2 Å². The summed E-state index contributed by atoms with van der Waals surface area (Å²) in [5.74, 6) is -1.12. The van der Waals surface area contributed by atoms with Crippen molar-refractivity contribution in [2.24, 2.45) is 0 Å². The number of carboxylic acid groups (broad SMARTS) is 1. The summed E-state index contributed by atoms with van der Waals surface area (Å²) < 4.78 is 4.98. The zero-order chi connectivity index (χ0) is 16.3. The van der Waals surface area contributed by atoms with Crippen LogP contribution in [0.4, 0.5) is 0 Å². The fourth-order valence-corrected chi connectivity index (χ4v) is 2.09. The van der Waals surface area contributed by atoms with Crippen molar-refractivity contribution in [2.75, 3.05) is 0 Å². The van der Waals surface area contributed by atoms with E-state index < -0.39 is 11.9 Å². The average Bonchev–Trinajstić information content (AvgIpc) is 2.97. The molecule has 5 nitrogen and oxygen atoms in total. The highest BCUT2D eigenvalue weighted by atomic mass is 16.4. The molecule has 0 saturated heterocycles. The van der Waals surface area contributed by atoms with E-state index in [0.29, 0.717) is 5.92 Å². The minimum atomic E-state index is -1.12. The average molecular weight is 301 g/mol. The molecule has 1 atom stereocenters. The van der Waals surface area contributed by atoms with Crippen LogP contribution < -0.4 is 5.32 Å². The van der Waals surface area contributed by atoms with Gasteiger partial charge in [-0.1, -0.05) is 38.1 Å². The molecule has 0 aliphatic heterocycles. The molecule has 1 aromatic heterocycles. The van der Waals surface area contributed by atoms with Crippen LogP contribution in [0.1, 0.15) is 64.8 Å². The highest BCUT2D eigenvalue weighted by Gasteiger charge is 2.17. The standard InChI is InChI=1S/C17H19NO4/c1-10(2)12-4-6-13(7-5-12)11(3)18-16(19)15-8-14(9-22-15)17(20)21/h4-11H,1-3H3,(H,18,19)(H,20,21). The van der Waals surface area contributed by atoms with E-state index in [1.54, 1.807) is 0 Å². The molecule has 116 valence electrons. The maximum absolute atomic E-state index is 12.0. The molecule has 2 N–H and O–H groups in total. The lowest BCUT2D eigenvalue weighted by molar-refractivity contribution is 0.0695. The highest BCUT2D eigenvalue weighted by molar-refractivity contribution is 5.95. The summed E-state index contributed by atoms with van der Waals surface area (Å²) in [5.41, 5.74) is 2.17. The second-order valence-corrected chi connectivity index (χ2v) is 5.52. The van der Waals surface area contributed by atoms with Crippen molar-refractivity contribution < 1.29 is 19.1 Å². The van der Waals surface area contributed by atoms with Crippen LogP contribution in [0.5, 0.6) is 0 Å². The van der Waals surface area contributed by atoms with Gasteiger partial charge < -0.3 is 14.8 Å². The van der Waals surface area contributed by atoms with E-state index in [9.17, 15) is 9.59 Å². The van der Waals surface area contributed by atoms with Gasteiger partial charge in [-0.15, -0.1) is 0 Å². The number of hydrogen-bond acceptors (Lipinski definition) is 3. The van der Waals surface area contributed by atoms with E-state index in [1.165, 1.54) is 11.6 Å². The largest absolute Gasteiger partial charge is 0.478 e. The summed E-state index contributed by atoms with van der Waals surface area (Å²) >= 11 is 0. The van der Waals surface area contributed by atoms with Crippen molar-refractivity contribution in [3.05, 3.63) is 59.0 Å². The molecule has 1 unspecified atom stereocenters. The van der Waals surface area contributed by atoms with E-state index in [-0.39, 0.29) is 17.4 Å². The lowest BCUT2D eigenvalue weighted by atomic mass is 9.99. The van der Waals surface area contributed by atoms with Gasteiger partial charge in [0.1, 0.15) is 6.26 Å². The zero-order valence-electron chi connectivity index (χ0n) is 12.8. The van der Waals surface area contributed by atoms with Gasteiger partial charge in [-0.3, -0.25) is 4.79 Å². The molecule has 1 heterocycles. The smallest absolute Gasteiger partial charge is 0.338 e. The van der Waals surface area contributed by atoms with E-state index in [2.05, 4.69) is 19.2 Å². The van der Waals surface area contributed by atoms with Crippen molar-refractivity contribution in [1.29, 1.82) is 0 Å². The summed E-state index contributed by atoms with van der Waals surface area (Å²) in [5, 5.41) is 11.6. The Morgan fingerprint density at radius 3 is 2.18 bits per heavy atom. The Labute approximate surface area is 129 Å². The van der Waals surface area contributed by atoms with Crippen molar-refractivity contribution >= 4 is 11.9 Å². The number of rotatable bonds is 5. The van der Waals surface area contributed by atoms with Crippen molar-refractivity contribution in [1.82, 2.24) is 5.32 Å². The van der Waals surface area contributed by atoms with Crippen LogP contribution >= 0.6 is 0 Å². The fourth-order valence-electron chi connectivity index (χ4n) is 2.09. The zero-order valence-corrected chi connectivity index (χ0v) is 12.8. The summed E-state index contributed by atoms with van der Waals surface area (Å²) in [6, 6.07) is 9.05. The Morgan fingerprint density at radius 1 is 1.09 bits per heavy atom. The number of aromatic carboxylic acids is 1. The Bertz CT molecular complexity index is 670. The topological polar surface area (TPSA) is 79.5 Å². The monoisotopic (exact) mass is 301 g/mol. The number of amides is 1. The Kier molecular flexibility index (Phi) is 4.65. The minimum Gasteiger partial charge on any atom is -0.478 e. The van der Waals surface area contributed by atoms with Crippen LogP contribution in [0.2, 0.25) is 0 Å². The maximum atomic E-state index is 12.0. The van der Waals surface area contributed by atoms with Crippen LogP contribution in [-0.2, 0) is 0 Å². The first-order chi connectivity index (χ1) is 10.4. The second kappa shape index (κ2) is 6.47. The van der Waals surface area contributed by atoms with Gasteiger partial charge in [0.25, 0.3) is 5.91 Å². The maximum Gasteiger partial charge on any atom is 0.338 e. The summed E-state index contributed by atoms with van der Waals surface area (Å²) in [4.78, 5) is 22.8. The minimum absolute atomic E-state index is 0.0111. The van der Waals surface area contributed by atoms with Gasteiger partial charge in [-0.25, -0.2) is 4.79 Å². The molecule has 0 fully saturated rings. The SMILES string of the molecule is CC(C)c1ccc(C(C)NC(=O)c2cc(C(=O)O)co2)cc1. The molecule has 1 aromatic carbocycles. The third kappa shape index (κ3) is 3.55. The first kappa shape index (κ1) is 15.8. The molecule has 0 aliphatic carbocycles. The van der Waals surface area contributed by atoms with E-state index in [0.717, 1.165) is 11.8 Å². The number of hydrogen-bond donors (Lipinski definition) is 2. The van der Waals surface area contributed by atoms with Gasteiger partial charge in [0, 0.05) is 6.07 Å². The number of benzene rings is 1. The number of nitrogens with one attached hydrogen (secondary N) is 1. The van der Waals surface area contributed by atoms with Gasteiger partial charge in [0.2, 0.25) is 0 Å². The molecule has 22 heavy (non-hydrogen) atoms. The van der Waals surface area contributed by atoms with Crippen molar-refractivity contribution in [2.45, 2.75) is 32.7 Å². The number of carbonyl (C=O) groups is 2. The molecule has 0 bridgehead atoms. The molecule has 0 saturated carbocycles. The number of carbonyl (C=O) groups excluding carboxylic acids is 1. The second-order valence-electron chi connectivity index (χ2n) is 5.52. The molecular weight excluding hydrogens is 282 g/mol. The van der Waals surface area contributed by atoms with E-state index in [4.69, 9.17) is 9.52 Å². The number of carboxylic acids is 1. The molecule has 0 aliphatic rings. The van der Waals surface area contributed by atoms with Gasteiger partial charge in [0.15, 0.2) is 5.76 Å². The fraction of sp³-hybridized carbons (Fsp3) is 0.294. The predicted molar refractivity (Wildman–Crippen MR) is 82.1 cm³/mol. The summed E-state index contributed by atoms with van der Waals surface area (Å²) in [6.45, 7) is 6.11. The molecule has 0 radical (unpaired) electrons. The van der Waals surface area contributed by atoms with Crippen LogP contribution in [0, 0.1) is 0 Å². The van der Waals surface area contributed by atoms with Crippen molar-refractivity contribution in [3.8, 4) is 0 Å². The first-order valence-corrected chi connectivity index (χ1v) is 7.11. The van der Waals surface area contributed by atoms with Crippen molar-refractivity contribution in [3.63, 3.8) is 0 Å². The Hall–Kier alpha value is -2.56. The molecular formula is C17H19NO4. The third-order valence-corrected chi connectivity index (χ3v) is 3.52. The quantitative estimate of drug-likeness (QED) is 0.884. The van der Waals surface area contributed by atoms with Gasteiger partial charge >= 0.3 is 5.97 Å². The molecule has 2 aromatic rings. The first-order valence-electron chi connectivity index (χ1n) is 7.11. The van der Waals surface area contributed by atoms with Crippen LogP contribution in [0.3, 0.4) is 0 Å². The lowest BCUT2D eigenvalue weighted by Gasteiger charge is -2.14. The highest BCUT2D eigenvalue weighted by Crippen LogP contribution is 2.19. The van der Waals surface area contributed by atoms with Crippen LogP contribution in [0.15, 0.2) is 41.0 Å². The molecule has 0 spiro atoms. The summed E-state index contributed by atoms with van der Waals surface area (Å²) in [7, 11) is 0. The summed E-state index contributed by atoms with van der Waals surface area (Å²) in [6.07, 6.45) is 1.05. The Balaban J connectivity index is 2.05. The van der Waals surface area contributed by atoms with Crippen LogP contribution in [0.25, 0.3) is 0 Å². The van der Waals surface area contributed by atoms with Crippen LogP contribution in [-0.4, -0.2) is 17.0 Å². The number of furan rings is 1. The molecule has 5 heteroatoms. The predicted octanol–water partition coefficient (Wildman–Crippen LogP) is 3.59. The molecule has 1 amide bonds. The molecule has 2 rings (SSSR count). The normalized spacial score (nSPS) is 12.2.